The fourth-order valence-electron chi connectivity index (χ4n) is 2.62. The predicted octanol–water partition coefficient (Wildman–Crippen LogP) is 4.75. The Morgan fingerprint density at radius 2 is 1.63 bits per heavy atom. The maximum Gasteiger partial charge on any atom is 0.231 e. The Morgan fingerprint density at radius 1 is 0.926 bits per heavy atom. The van der Waals surface area contributed by atoms with Crippen molar-refractivity contribution < 1.29 is 18.3 Å². The molecule has 5 heteroatoms. The number of halogens is 2. The molecule has 1 amide bonds. The second-order valence-electron chi connectivity index (χ2n) is 6.14. The van der Waals surface area contributed by atoms with E-state index in [0.717, 1.165) is 5.56 Å². The fourth-order valence-corrected chi connectivity index (χ4v) is 2.62. The van der Waals surface area contributed by atoms with Gasteiger partial charge in [-0.25, -0.2) is 8.78 Å². The number of nitrogens with zero attached hydrogens (tertiary/aromatic N) is 1. The number of ether oxygens (including phenoxy) is 1. The summed E-state index contributed by atoms with van der Waals surface area (Å²) < 4.78 is 33.0. The normalized spacial score (nSPS) is 10.5. The van der Waals surface area contributed by atoms with Gasteiger partial charge in [0.05, 0.1) is 12.1 Å². The van der Waals surface area contributed by atoms with Gasteiger partial charge in [0, 0.05) is 13.1 Å². The molecule has 0 heterocycles. The molecule has 0 saturated carbocycles. The molecule has 0 aliphatic carbocycles. The van der Waals surface area contributed by atoms with Crippen LogP contribution in [0.2, 0.25) is 0 Å². The van der Waals surface area contributed by atoms with Crippen LogP contribution >= 0.6 is 0 Å². The van der Waals surface area contributed by atoms with E-state index in [4.69, 9.17) is 4.74 Å². The van der Waals surface area contributed by atoms with Gasteiger partial charge in [-0.1, -0.05) is 42.5 Å². The van der Waals surface area contributed by atoms with Gasteiger partial charge in [0.2, 0.25) is 5.91 Å². The number of carbonyl (C=O) groups excluding carboxylic acids is 1. The minimum absolute atomic E-state index is 0.0580. The third kappa shape index (κ3) is 4.91. The van der Waals surface area contributed by atoms with Crippen LogP contribution in [0.15, 0.2) is 72.8 Å². The molecule has 0 saturated heterocycles. The number of likely N-dealkylation sites (N-methyl/N-ethyl adjacent to an activating group) is 1. The SMILES string of the molecule is CN(C(=O)Cc1ccc(F)cc1)c1ccc(OCc2ccccc2)cc1F. The van der Waals surface area contributed by atoms with Gasteiger partial charge < -0.3 is 9.64 Å². The number of hydrogen-bond donors (Lipinski definition) is 0. The zero-order chi connectivity index (χ0) is 19.2. The third-order valence-corrected chi connectivity index (χ3v) is 4.17. The average Bonchev–Trinajstić information content (AvgIpc) is 2.68. The van der Waals surface area contributed by atoms with E-state index in [1.807, 2.05) is 30.3 Å². The Labute approximate surface area is 156 Å². The van der Waals surface area contributed by atoms with E-state index in [2.05, 4.69) is 0 Å². The predicted molar refractivity (Wildman–Crippen MR) is 101 cm³/mol. The first kappa shape index (κ1) is 18.6. The quantitative estimate of drug-likeness (QED) is 0.629. The monoisotopic (exact) mass is 367 g/mol. The van der Waals surface area contributed by atoms with Crippen LogP contribution in [0, 0.1) is 11.6 Å². The van der Waals surface area contributed by atoms with E-state index in [-0.39, 0.29) is 23.8 Å². The van der Waals surface area contributed by atoms with Crippen molar-refractivity contribution in [3.05, 3.63) is 95.6 Å². The van der Waals surface area contributed by atoms with E-state index in [0.29, 0.717) is 17.9 Å². The van der Waals surface area contributed by atoms with E-state index >= 15 is 0 Å². The average molecular weight is 367 g/mol. The van der Waals surface area contributed by atoms with Crippen LogP contribution in [0.4, 0.5) is 14.5 Å². The minimum Gasteiger partial charge on any atom is -0.489 e. The van der Waals surface area contributed by atoms with Gasteiger partial charge in [-0.05, 0) is 35.4 Å². The first-order chi connectivity index (χ1) is 13.0. The Bertz CT molecular complexity index is 911. The topological polar surface area (TPSA) is 29.5 Å². The van der Waals surface area contributed by atoms with E-state index in [1.54, 1.807) is 6.07 Å². The standard InChI is InChI=1S/C22H19F2NO2/c1-25(22(26)13-16-7-9-18(23)10-8-16)21-12-11-19(14-20(21)24)27-15-17-5-3-2-4-6-17/h2-12,14H,13,15H2,1H3. The van der Waals surface area contributed by atoms with Crippen molar-refractivity contribution in [1.29, 1.82) is 0 Å². The van der Waals surface area contributed by atoms with Gasteiger partial charge in [-0.15, -0.1) is 0 Å². The number of benzene rings is 3. The molecule has 0 N–H and O–H groups in total. The second-order valence-corrected chi connectivity index (χ2v) is 6.14. The molecule has 0 atom stereocenters. The van der Waals surface area contributed by atoms with Crippen molar-refractivity contribution in [2.24, 2.45) is 0 Å². The number of anilines is 1. The van der Waals surface area contributed by atoms with Crippen molar-refractivity contribution in [2.75, 3.05) is 11.9 Å². The first-order valence-corrected chi connectivity index (χ1v) is 8.50. The molecule has 0 fully saturated rings. The van der Waals surface area contributed by atoms with Crippen molar-refractivity contribution in [2.45, 2.75) is 13.0 Å². The summed E-state index contributed by atoms with van der Waals surface area (Å²) in [6.07, 6.45) is 0.0580. The van der Waals surface area contributed by atoms with E-state index < -0.39 is 5.82 Å². The Balaban J connectivity index is 1.65. The zero-order valence-corrected chi connectivity index (χ0v) is 14.9. The number of amides is 1. The molecule has 0 radical (unpaired) electrons. The van der Waals surface area contributed by atoms with Gasteiger partial charge in [-0.3, -0.25) is 4.79 Å². The smallest absolute Gasteiger partial charge is 0.231 e. The Morgan fingerprint density at radius 3 is 2.30 bits per heavy atom. The summed E-state index contributed by atoms with van der Waals surface area (Å²) in [6.45, 7) is 0.332. The van der Waals surface area contributed by atoms with Crippen LogP contribution in [-0.2, 0) is 17.8 Å². The van der Waals surface area contributed by atoms with Crippen LogP contribution in [0.1, 0.15) is 11.1 Å². The molecule has 0 aromatic heterocycles. The lowest BCUT2D eigenvalue weighted by Gasteiger charge is -2.19. The molecule has 0 aliphatic heterocycles. The lowest BCUT2D eigenvalue weighted by atomic mass is 10.1. The van der Waals surface area contributed by atoms with E-state index in [9.17, 15) is 13.6 Å². The first-order valence-electron chi connectivity index (χ1n) is 8.50. The largest absolute Gasteiger partial charge is 0.489 e. The van der Waals surface area contributed by atoms with Crippen LogP contribution < -0.4 is 9.64 Å². The highest BCUT2D eigenvalue weighted by atomic mass is 19.1. The summed E-state index contributed by atoms with van der Waals surface area (Å²) in [5.74, 6) is -0.815. The molecular formula is C22H19F2NO2. The molecule has 0 aliphatic rings. The van der Waals surface area contributed by atoms with Crippen molar-refractivity contribution in [3.8, 4) is 5.75 Å². The molecular weight excluding hydrogens is 348 g/mol. The molecule has 0 spiro atoms. The molecule has 3 nitrogen and oxygen atoms in total. The van der Waals surface area contributed by atoms with Crippen LogP contribution in [0.3, 0.4) is 0 Å². The molecule has 3 rings (SSSR count). The third-order valence-electron chi connectivity index (χ3n) is 4.17. The number of rotatable bonds is 6. The van der Waals surface area contributed by atoms with Gasteiger partial charge in [0.25, 0.3) is 0 Å². The van der Waals surface area contributed by atoms with E-state index in [1.165, 1.54) is 48.3 Å². The summed E-state index contributed by atoms with van der Waals surface area (Å²) >= 11 is 0. The highest BCUT2D eigenvalue weighted by Gasteiger charge is 2.16. The summed E-state index contributed by atoms with van der Waals surface area (Å²) in [6, 6.07) is 19.6. The Kier molecular flexibility index (Phi) is 5.81. The summed E-state index contributed by atoms with van der Waals surface area (Å²) in [5.41, 5.74) is 1.80. The van der Waals surface area contributed by atoms with Crippen LogP contribution in [0.5, 0.6) is 5.75 Å². The van der Waals surface area contributed by atoms with Gasteiger partial charge in [0.1, 0.15) is 18.2 Å². The molecule has 27 heavy (non-hydrogen) atoms. The fraction of sp³-hybridized carbons (Fsp3) is 0.136. The maximum atomic E-state index is 14.5. The molecule has 138 valence electrons. The molecule has 0 unspecified atom stereocenters. The lowest BCUT2D eigenvalue weighted by Crippen LogP contribution is -2.28. The number of hydrogen-bond acceptors (Lipinski definition) is 2. The highest BCUT2D eigenvalue weighted by molar-refractivity contribution is 5.94. The lowest BCUT2D eigenvalue weighted by molar-refractivity contribution is -0.117. The van der Waals surface area contributed by atoms with Gasteiger partial charge in [0.15, 0.2) is 5.82 Å². The minimum atomic E-state index is -0.546. The zero-order valence-electron chi connectivity index (χ0n) is 14.9. The highest BCUT2D eigenvalue weighted by Crippen LogP contribution is 2.24. The van der Waals surface area contributed by atoms with Crippen LogP contribution in [0.25, 0.3) is 0 Å². The second kappa shape index (κ2) is 8.45. The summed E-state index contributed by atoms with van der Waals surface area (Å²) in [4.78, 5) is 13.6. The molecule has 0 bridgehead atoms. The summed E-state index contributed by atoms with van der Waals surface area (Å²) in [7, 11) is 1.51. The van der Waals surface area contributed by atoms with Crippen molar-refractivity contribution in [3.63, 3.8) is 0 Å². The van der Waals surface area contributed by atoms with Crippen molar-refractivity contribution >= 4 is 11.6 Å². The van der Waals surface area contributed by atoms with Crippen LogP contribution in [-0.4, -0.2) is 13.0 Å². The van der Waals surface area contributed by atoms with Crippen molar-refractivity contribution in [1.82, 2.24) is 0 Å². The molecule has 3 aromatic rings. The van der Waals surface area contributed by atoms with Gasteiger partial charge >= 0.3 is 0 Å². The molecule has 3 aromatic carbocycles. The number of carbonyl (C=O) groups is 1. The summed E-state index contributed by atoms with van der Waals surface area (Å²) in [5, 5.41) is 0. The van der Waals surface area contributed by atoms with Gasteiger partial charge in [-0.2, -0.15) is 0 Å². The maximum absolute atomic E-state index is 14.5. The Hall–Kier alpha value is -3.21.